The Kier molecular flexibility index (Phi) is 7.04. The van der Waals surface area contributed by atoms with E-state index in [0.717, 1.165) is 10.8 Å². The lowest BCUT2D eigenvalue weighted by atomic mass is 9.92. The molecule has 0 aliphatic carbocycles. The Hall–Kier alpha value is -2.81. The maximum absolute atomic E-state index is 12.8. The average Bonchev–Trinajstić information content (AvgIpc) is 3.56. The third kappa shape index (κ3) is 5.28. The van der Waals surface area contributed by atoms with E-state index >= 15 is 0 Å². The van der Waals surface area contributed by atoms with E-state index in [1.165, 1.54) is 0 Å². The fourth-order valence-electron chi connectivity index (χ4n) is 3.46. The van der Waals surface area contributed by atoms with Gasteiger partial charge < -0.3 is 25.6 Å². The standard InChI is InChI=1S/C23H28N2O6/c1-14(2)9-18(20(28)23(12-27)13-31-23)24-22(30)19(11-26)25-21(29)17-8-7-15-5-3-4-6-16(15)10-17/h3-8,10,14,18-19,26-27H,9,11-13H2,1-2H3,(H,24,30)(H,25,29)/t18-,19-,23-/m0/s1. The lowest BCUT2D eigenvalue weighted by Crippen LogP contribution is -2.55. The molecule has 1 heterocycles. The number of ketones is 1. The highest BCUT2D eigenvalue weighted by molar-refractivity contribution is 6.02. The zero-order valence-corrected chi connectivity index (χ0v) is 17.6. The van der Waals surface area contributed by atoms with Gasteiger partial charge in [-0.05, 0) is 35.2 Å². The minimum atomic E-state index is -1.27. The number of benzene rings is 2. The van der Waals surface area contributed by atoms with Gasteiger partial charge in [0.05, 0.1) is 25.9 Å². The number of nitrogens with one attached hydrogen (secondary N) is 2. The molecule has 0 bridgehead atoms. The maximum Gasteiger partial charge on any atom is 0.252 e. The number of epoxide rings is 1. The number of ether oxygens (including phenoxy) is 1. The van der Waals surface area contributed by atoms with Crippen LogP contribution in [0.15, 0.2) is 42.5 Å². The van der Waals surface area contributed by atoms with Crippen molar-refractivity contribution in [1.82, 2.24) is 10.6 Å². The fraction of sp³-hybridized carbons (Fsp3) is 0.435. The number of hydrogen-bond acceptors (Lipinski definition) is 6. The number of carbonyl (C=O) groups is 3. The Morgan fingerprint density at radius 3 is 2.29 bits per heavy atom. The van der Waals surface area contributed by atoms with E-state index in [2.05, 4.69) is 10.6 Å². The quantitative estimate of drug-likeness (QED) is 0.414. The second-order valence-corrected chi connectivity index (χ2v) is 8.27. The zero-order valence-electron chi connectivity index (χ0n) is 17.6. The summed E-state index contributed by atoms with van der Waals surface area (Å²) in [5.41, 5.74) is -0.916. The molecule has 0 unspecified atom stereocenters. The molecule has 166 valence electrons. The molecule has 3 rings (SSSR count). The molecule has 31 heavy (non-hydrogen) atoms. The van der Waals surface area contributed by atoms with Crippen molar-refractivity contribution in [3.05, 3.63) is 48.0 Å². The summed E-state index contributed by atoms with van der Waals surface area (Å²) in [5, 5.41) is 26.1. The molecule has 4 N–H and O–H groups in total. The van der Waals surface area contributed by atoms with Crippen molar-refractivity contribution >= 4 is 28.4 Å². The maximum atomic E-state index is 12.8. The summed E-state index contributed by atoms with van der Waals surface area (Å²) in [4.78, 5) is 38.2. The minimum Gasteiger partial charge on any atom is -0.394 e. The number of hydrogen-bond donors (Lipinski definition) is 4. The lowest BCUT2D eigenvalue weighted by molar-refractivity contribution is -0.133. The van der Waals surface area contributed by atoms with Gasteiger partial charge in [0.2, 0.25) is 5.91 Å². The highest BCUT2D eigenvalue weighted by Crippen LogP contribution is 2.30. The van der Waals surface area contributed by atoms with Crippen LogP contribution in [0.2, 0.25) is 0 Å². The van der Waals surface area contributed by atoms with Crippen LogP contribution >= 0.6 is 0 Å². The Bertz CT molecular complexity index is 969. The number of rotatable bonds is 10. The van der Waals surface area contributed by atoms with Crippen LogP contribution in [0, 0.1) is 5.92 Å². The van der Waals surface area contributed by atoms with Gasteiger partial charge in [-0.25, -0.2) is 0 Å². The summed E-state index contributed by atoms with van der Waals surface area (Å²) < 4.78 is 5.13. The van der Waals surface area contributed by atoms with Crippen molar-refractivity contribution in [2.75, 3.05) is 19.8 Å². The molecule has 0 saturated carbocycles. The molecule has 8 nitrogen and oxygen atoms in total. The predicted molar refractivity (Wildman–Crippen MR) is 114 cm³/mol. The first kappa shape index (κ1) is 22.9. The molecule has 8 heteroatoms. The fourth-order valence-corrected chi connectivity index (χ4v) is 3.46. The molecule has 2 aromatic rings. The first-order valence-electron chi connectivity index (χ1n) is 10.3. The Labute approximate surface area is 180 Å². The molecule has 1 aliphatic heterocycles. The second-order valence-electron chi connectivity index (χ2n) is 8.27. The molecule has 3 atom stereocenters. The van der Waals surface area contributed by atoms with Gasteiger partial charge in [0.1, 0.15) is 6.04 Å². The number of aliphatic hydroxyl groups excluding tert-OH is 2. The second kappa shape index (κ2) is 9.55. The molecular weight excluding hydrogens is 400 g/mol. The summed E-state index contributed by atoms with van der Waals surface area (Å²) in [5.74, 6) is -1.51. The van der Waals surface area contributed by atoms with Gasteiger partial charge >= 0.3 is 0 Å². The monoisotopic (exact) mass is 428 g/mol. The summed E-state index contributed by atoms with van der Waals surface area (Å²) >= 11 is 0. The van der Waals surface area contributed by atoms with Crippen molar-refractivity contribution in [2.45, 2.75) is 38.0 Å². The van der Waals surface area contributed by atoms with Crippen molar-refractivity contribution < 1.29 is 29.3 Å². The molecule has 0 spiro atoms. The SMILES string of the molecule is CC(C)C[C@H](NC(=O)[C@H](CO)NC(=O)c1ccc2ccccc2c1)C(=O)[C@]1(CO)CO1. The first-order valence-corrected chi connectivity index (χ1v) is 10.3. The Balaban J connectivity index is 1.70. The summed E-state index contributed by atoms with van der Waals surface area (Å²) in [6.07, 6.45) is 0.340. The first-order chi connectivity index (χ1) is 14.8. The number of Topliss-reactive ketones (excluding diaryl/α,β-unsaturated/α-hetero) is 1. The smallest absolute Gasteiger partial charge is 0.252 e. The Morgan fingerprint density at radius 2 is 1.71 bits per heavy atom. The van der Waals surface area contributed by atoms with Gasteiger partial charge in [-0.2, -0.15) is 0 Å². The van der Waals surface area contributed by atoms with Crippen molar-refractivity contribution in [3.63, 3.8) is 0 Å². The van der Waals surface area contributed by atoms with Gasteiger partial charge in [0, 0.05) is 5.56 Å². The number of amides is 2. The molecular formula is C23H28N2O6. The van der Waals surface area contributed by atoms with Crippen LogP contribution in [0.25, 0.3) is 10.8 Å². The molecule has 0 radical (unpaired) electrons. The highest BCUT2D eigenvalue weighted by atomic mass is 16.6. The third-order valence-corrected chi connectivity index (χ3v) is 5.35. The molecule has 1 aliphatic rings. The molecule has 2 aromatic carbocycles. The summed E-state index contributed by atoms with van der Waals surface area (Å²) in [6.45, 7) is 2.82. The third-order valence-electron chi connectivity index (χ3n) is 5.35. The van der Waals surface area contributed by atoms with Crippen LogP contribution in [-0.4, -0.2) is 65.3 Å². The van der Waals surface area contributed by atoms with Gasteiger partial charge in [0.25, 0.3) is 5.91 Å². The van der Waals surface area contributed by atoms with E-state index in [1.54, 1.807) is 18.2 Å². The number of fused-ring (bicyclic) bond motifs is 1. The van der Waals surface area contributed by atoms with Gasteiger partial charge in [-0.1, -0.05) is 44.2 Å². The van der Waals surface area contributed by atoms with E-state index in [4.69, 9.17) is 4.74 Å². The van der Waals surface area contributed by atoms with Gasteiger partial charge in [0.15, 0.2) is 11.4 Å². The summed E-state index contributed by atoms with van der Waals surface area (Å²) in [7, 11) is 0. The number of carbonyl (C=O) groups excluding carboxylic acids is 3. The molecule has 1 saturated heterocycles. The van der Waals surface area contributed by atoms with Crippen LogP contribution in [-0.2, 0) is 14.3 Å². The van der Waals surface area contributed by atoms with E-state index in [9.17, 15) is 24.6 Å². The van der Waals surface area contributed by atoms with Gasteiger partial charge in [-0.15, -0.1) is 0 Å². The predicted octanol–water partition coefficient (Wildman–Crippen LogP) is 0.792. The van der Waals surface area contributed by atoms with Crippen molar-refractivity contribution in [3.8, 4) is 0 Å². The average molecular weight is 428 g/mol. The topological polar surface area (TPSA) is 128 Å². The van der Waals surface area contributed by atoms with Crippen LogP contribution in [0.5, 0.6) is 0 Å². The normalized spacial score (nSPS) is 19.6. The van der Waals surface area contributed by atoms with Crippen molar-refractivity contribution in [1.29, 1.82) is 0 Å². The van der Waals surface area contributed by atoms with Crippen LogP contribution < -0.4 is 10.6 Å². The Morgan fingerprint density at radius 1 is 1.03 bits per heavy atom. The minimum absolute atomic E-state index is 0.0866. The lowest BCUT2D eigenvalue weighted by Gasteiger charge is -2.24. The van der Waals surface area contributed by atoms with Crippen LogP contribution in [0.1, 0.15) is 30.6 Å². The van der Waals surface area contributed by atoms with Crippen LogP contribution in [0.4, 0.5) is 0 Å². The largest absolute Gasteiger partial charge is 0.394 e. The highest BCUT2D eigenvalue weighted by Gasteiger charge is 2.54. The molecule has 0 aromatic heterocycles. The van der Waals surface area contributed by atoms with E-state index in [1.807, 2.05) is 38.1 Å². The van der Waals surface area contributed by atoms with E-state index < -0.39 is 48.5 Å². The molecule has 2 amide bonds. The van der Waals surface area contributed by atoms with Crippen molar-refractivity contribution in [2.24, 2.45) is 5.92 Å². The van der Waals surface area contributed by atoms with E-state index in [-0.39, 0.29) is 12.5 Å². The molecule has 1 fully saturated rings. The van der Waals surface area contributed by atoms with Crippen LogP contribution in [0.3, 0.4) is 0 Å². The van der Waals surface area contributed by atoms with Gasteiger partial charge in [-0.3, -0.25) is 14.4 Å². The number of aliphatic hydroxyl groups is 2. The van der Waals surface area contributed by atoms with E-state index in [0.29, 0.717) is 12.0 Å². The summed E-state index contributed by atoms with van der Waals surface area (Å²) in [6, 6.07) is 10.6. The zero-order chi connectivity index (χ0) is 22.6.